The Morgan fingerprint density at radius 2 is 1.73 bits per heavy atom. The Bertz CT molecular complexity index is 1080. The molecule has 0 N–H and O–H groups in total. The predicted octanol–water partition coefficient (Wildman–Crippen LogP) is 5.11. The molecule has 0 atom stereocenters. The highest BCUT2D eigenvalue weighted by molar-refractivity contribution is 6.32. The first-order chi connectivity index (χ1) is 12.8. The summed E-state index contributed by atoms with van der Waals surface area (Å²) in [6, 6.07) is 17.0. The minimum atomic E-state index is 0.818. The van der Waals surface area contributed by atoms with E-state index in [2.05, 4.69) is 65.3 Å². The Morgan fingerprint density at radius 1 is 0.885 bits per heavy atom. The van der Waals surface area contributed by atoms with Crippen LogP contribution < -0.4 is 5.46 Å². The van der Waals surface area contributed by atoms with E-state index in [0.29, 0.717) is 0 Å². The van der Waals surface area contributed by atoms with Gasteiger partial charge in [0.05, 0.1) is 5.52 Å². The van der Waals surface area contributed by atoms with E-state index in [1.807, 2.05) is 12.1 Å². The molecule has 124 valence electrons. The summed E-state index contributed by atoms with van der Waals surface area (Å²) in [7, 11) is 5.86. The summed E-state index contributed by atoms with van der Waals surface area (Å²) in [5.74, 6) is 0. The number of hydrogen-bond donors (Lipinski definition) is 0. The third-order valence-corrected chi connectivity index (χ3v) is 5.48. The van der Waals surface area contributed by atoms with Crippen molar-refractivity contribution >= 4 is 41.6 Å². The van der Waals surface area contributed by atoms with Crippen LogP contribution in [0, 0.1) is 0 Å². The smallest absolute Gasteiger partial charge is 0.113 e. The number of rotatable bonds is 2. The lowest BCUT2D eigenvalue weighted by molar-refractivity contribution is 0.901. The van der Waals surface area contributed by atoms with E-state index >= 15 is 0 Å². The molecule has 0 amide bonds. The molecule has 3 aromatic rings. The summed E-state index contributed by atoms with van der Waals surface area (Å²) in [4.78, 5) is 0. The Labute approximate surface area is 155 Å². The Kier molecular flexibility index (Phi) is 3.71. The average Bonchev–Trinajstić information content (AvgIpc) is 3.03. The fourth-order valence-corrected chi connectivity index (χ4v) is 4.21. The van der Waals surface area contributed by atoms with Gasteiger partial charge in [-0.05, 0) is 55.0 Å². The third kappa shape index (κ3) is 2.49. The van der Waals surface area contributed by atoms with Crippen molar-refractivity contribution in [3.63, 3.8) is 0 Å². The van der Waals surface area contributed by atoms with Crippen molar-refractivity contribution in [1.82, 2.24) is 4.57 Å². The molecular formula is C24H20BN. The predicted molar refractivity (Wildman–Crippen MR) is 113 cm³/mol. The van der Waals surface area contributed by atoms with Crippen LogP contribution in [-0.2, 0) is 6.42 Å². The molecule has 2 aliphatic rings. The van der Waals surface area contributed by atoms with E-state index in [1.54, 1.807) is 0 Å². The van der Waals surface area contributed by atoms with Gasteiger partial charge in [0, 0.05) is 22.3 Å². The molecule has 0 unspecified atom stereocenters. The molecule has 1 aromatic heterocycles. The number of hydrogen-bond acceptors (Lipinski definition) is 0. The molecule has 0 bridgehead atoms. The van der Waals surface area contributed by atoms with Crippen molar-refractivity contribution < 1.29 is 0 Å². The van der Waals surface area contributed by atoms with E-state index in [1.165, 1.54) is 39.0 Å². The maximum absolute atomic E-state index is 5.86. The monoisotopic (exact) mass is 333 g/mol. The first-order valence-electron chi connectivity index (χ1n) is 9.37. The molecule has 0 spiro atoms. The van der Waals surface area contributed by atoms with Crippen LogP contribution in [0.4, 0.5) is 0 Å². The zero-order chi connectivity index (χ0) is 17.5. The van der Waals surface area contributed by atoms with Crippen LogP contribution in [0.5, 0.6) is 0 Å². The summed E-state index contributed by atoms with van der Waals surface area (Å²) in [6.07, 6.45) is 13.7. The van der Waals surface area contributed by atoms with Gasteiger partial charge in [0.15, 0.2) is 0 Å². The molecule has 1 heterocycles. The quantitative estimate of drug-likeness (QED) is 0.574. The molecule has 0 saturated heterocycles. The van der Waals surface area contributed by atoms with E-state index in [0.717, 1.165) is 31.1 Å². The van der Waals surface area contributed by atoms with Crippen LogP contribution in [0.2, 0.25) is 0 Å². The number of allylic oxidation sites excluding steroid dienone is 5. The average molecular weight is 333 g/mol. The van der Waals surface area contributed by atoms with Crippen molar-refractivity contribution in [2.24, 2.45) is 0 Å². The zero-order valence-corrected chi connectivity index (χ0v) is 14.8. The van der Waals surface area contributed by atoms with Crippen molar-refractivity contribution in [2.45, 2.75) is 25.7 Å². The number of nitrogens with zero attached hydrogens (tertiary/aromatic N) is 1. The molecule has 2 radical (unpaired) electrons. The zero-order valence-electron chi connectivity index (χ0n) is 14.8. The van der Waals surface area contributed by atoms with Gasteiger partial charge < -0.3 is 4.57 Å². The second kappa shape index (κ2) is 6.21. The second-order valence-corrected chi connectivity index (χ2v) is 7.11. The maximum atomic E-state index is 5.86. The standard InChI is InChI=1S/C24H20BN/c25-19-13-10-17(11-14-19)18-12-15-24-22(16-18)21-8-4-5-9-23(21)26(24)20-6-2-1-3-7-20/h2,4-11,13-14,16H,1,3,12,15H2. The van der Waals surface area contributed by atoms with Crippen LogP contribution in [0.1, 0.15) is 36.1 Å². The van der Waals surface area contributed by atoms with Gasteiger partial charge in [0.2, 0.25) is 0 Å². The summed E-state index contributed by atoms with van der Waals surface area (Å²) in [5, 5.41) is 1.34. The lowest BCUT2D eigenvalue weighted by atomic mass is 9.88. The van der Waals surface area contributed by atoms with Crippen LogP contribution >= 0.6 is 0 Å². The summed E-state index contributed by atoms with van der Waals surface area (Å²) < 4.78 is 2.47. The van der Waals surface area contributed by atoms with Gasteiger partial charge >= 0.3 is 0 Å². The van der Waals surface area contributed by atoms with Gasteiger partial charge in [-0.25, -0.2) is 0 Å². The molecular weight excluding hydrogens is 313 g/mol. The van der Waals surface area contributed by atoms with Crippen LogP contribution in [0.25, 0.3) is 28.2 Å². The Morgan fingerprint density at radius 3 is 2.54 bits per heavy atom. The van der Waals surface area contributed by atoms with Gasteiger partial charge in [0.1, 0.15) is 7.85 Å². The number of fused-ring (bicyclic) bond motifs is 3. The van der Waals surface area contributed by atoms with Gasteiger partial charge in [0.25, 0.3) is 0 Å². The molecule has 5 rings (SSSR count). The summed E-state index contributed by atoms with van der Waals surface area (Å²) in [6.45, 7) is 0. The Balaban J connectivity index is 1.71. The van der Waals surface area contributed by atoms with E-state index in [9.17, 15) is 0 Å². The molecule has 26 heavy (non-hydrogen) atoms. The van der Waals surface area contributed by atoms with Crippen LogP contribution in [0.15, 0.2) is 66.8 Å². The number of para-hydroxylation sites is 1. The highest BCUT2D eigenvalue weighted by Crippen LogP contribution is 2.38. The molecule has 0 saturated carbocycles. The van der Waals surface area contributed by atoms with Crippen molar-refractivity contribution in [1.29, 1.82) is 0 Å². The normalized spacial score (nSPS) is 16.3. The van der Waals surface area contributed by atoms with Gasteiger partial charge in [-0.15, -0.1) is 0 Å². The summed E-state index contributed by atoms with van der Waals surface area (Å²) >= 11 is 0. The maximum Gasteiger partial charge on any atom is 0.113 e. The fourth-order valence-electron chi connectivity index (χ4n) is 4.21. The fraction of sp³-hybridized carbons (Fsp3) is 0.167. The molecule has 2 heteroatoms. The largest absolute Gasteiger partial charge is 0.313 e. The molecule has 2 aromatic carbocycles. The van der Waals surface area contributed by atoms with Crippen LogP contribution in [-0.4, -0.2) is 12.4 Å². The lowest BCUT2D eigenvalue weighted by Crippen LogP contribution is -2.07. The lowest BCUT2D eigenvalue weighted by Gasteiger charge is -2.19. The third-order valence-electron chi connectivity index (χ3n) is 5.48. The van der Waals surface area contributed by atoms with Crippen molar-refractivity contribution in [3.8, 4) is 0 Å². The summed E-state index contributed by atoms with van der Waals surface area (Å²) in [5.41, 5.74) is 8.93. The van der Waals surface area contributed by atoms with Gasteiger partial charge in [-0.2, -0.15) is 0 Å². The van der Waals surface area contributed by atoms with Gasteiger partial charge in [-0.3, -0.25) is 0 Å². The second-order valence-electron chi connectivity index (χ2n) is 7.11. The minimum Gasteiger partial charge on any atom is -0.313 e. The SMILES string of the molecule is [B]c1ccc(C2=Cc3c(n(C4=CCCC=C4)c4ccccc34)CC2)cc1. The first-order valence-corrected chi connectivity index (χ1v) is 9.37. The van der Waals surface area contributed by atoms with Crippen molar-refractivity contribution in [2.75, 3.05) is 0 Å². The van der Waals surface area contributed by atoms with E-state index in [-0.39, 0.29) is 0 Å². The topological polar surface area (TPSA) is 4.93 Å². The highest BCUT2D eigenvalue weighted by Gasteiger charge is 2.21. The molecule has 0 aliphatic heterocycles. The molecule has 1 nitrogen and oxygen atoms in total. The first kappa shape index (κ1) is 15.5. The van der Waals surface area contributed by atoms with E-state index in [4.69, 9.17) is 7.85 Å². The highest BCUT2D eigenvalue weighted by atomic mass is 15.0. The minimum absolute atomic E-state index is 0.818. The van der Waals surface area contributed by atoms with Crippen molar-refractivity contribution in [3.05, 3.63) is 83.6 Å². The number of benzene rings is 2. The van der Waals surface area contributed by atoms with E-state index < -0.39 is 0 Å². The van der Waals surface area contributed by atoms with Gasteiger partial charge in [-0.1, -0.05) is 60.1 Å². The Hall–Kier alpha value is -2.74. The van der Waals surface area contributed by atoms with Crippen LogP contribution in [0.3, 0.4) is 0 Å². The molecule has 0 fully saturated rings. The molecule has 2 aliphatic carbocycles. The number of aromatic nitrogens is 1.